The number of benzene rings is 1. The Morgan fingerprint density at radius 3 is 2.83 bits per heavy atom. The summed E-state index contributed by atoms with van der Waals surface area (Å²) < 4.78 is 25.2. The second kappa shape index (κ2) is 6.22. The predicted molar refractivity (Wildman–Crippen MR) is 72.8 cm³/mol. The molecule has 18 heavy (non-hydrogen) atoms. The number of hydrogen-bond donors (Lipinski definition) is 0. The zero-order valence-corrected chi connectivity index (χ0v) is 12.4. The lowest BCUT2D eigenvalue weighted by molar-refractivity contribution is -0.0798. The first-order chi connectivity index (χ1) is 8.60. The number of rotatable bonds is 5. The van der Waals surface area contributed by atoms with Crippen LogP contribution in [-0.2, 0) is 4.74 Å². The second-order valence-corrected chi connectivity index (χ2v) is 5.82. The monoisotopic (exact) mass is 336 g/mol. The van der Waals surface area contributed by atoms with E-state index in [1.54, 1.807) is 6.07 Å². The van der Waals surface area contributed by atoms with Gasteiger partial charge in [-0.05, 0) is 18.6 Å². The molecule has 1 aromatic rings. The summed E-state index contributed by atoms with van der Waals surface area (Å²) in [6, 6.07) is 4.49. The molecule has 1 saturated carbocycles. The maximum absolute atomic E-state index is 13.2. The molecule has 2 nitrogen and oxygen atoms in total. The zero-order valence-electron chi connectivity index (χ0n) is 10.0. The number of ether oxygens (including phenoxy) is 2. The molecule has 1 aromatic carbocycles. The maximum atomic E-state index is 13.2. The smallest absolute Gasteiger partial charge is 0.128 e. The molecular formula is C13H15BrClFO2. The van der Waals surface area contributed by atoms with Crippen LogP contribution < -0.4 is 4.74 Å². The SMILES string of the molecule is CCCOC1C(Cl)CC1Oc1cc(F)cc(Br)c1. The summed E-state index contributed by atoms with van der Waals surface area (Å²) in [7, 11) is 0. The molecule has 5 heteroatoms. The lowest BCUT2D eigenvalue weighted by atomic mass is 9.91. The van der Waals surface area contributed by atoms with E-state index in [0.717, 1.165) is 12.8 Å². The fraction of sp³-hybridized carbons (Fsp3) is 0.538. The van der Waals surface area contributed by atoms with Crippen LogP contribution >= 0.6 is 27.5 Å². The van der Waals surface area contributed by atoms with E-state index < -0.39 is 0 Å². The quantitative estimate of drug-likeness (QED) is 0.752. The first kappa shape index (κ1) is 14.1. The fourth-order valence-corrected chi connectivity index (χ4v) is 2.73. The van der Waals surface area contributed by atoms with E-state index in [9.17, 15) is 4.39 Å². The van der Waals surface area contributed by atoms with E-state index in [0.29, 0.717) is 16.8 Å². The maximum Gasteiger partial charge on any atom is 0.128 e. The molecule has 1 aliphatic carbocycles. The van der Waals surface area contributed by atoms with Gasteiger partial charge in [-0.1, -0.05) is 22.9 Å². The molecule has 0 aliphatic heterocycles. The third-order valence-corrected chi connectivity index (χ3v) is 3.70. The minimum atomic E-state index is -0.327. The van der Waals surface area contributed by atoms with Gasteiger partial charge in [-0.25, -0.2) is 4.39 Å². The molecule has 0 amide bonds. The minimum absolute atomic E-state index is 0.0152. The Morgan fingerprint density at radius 1 is 1.44 bits per heavy atom. The molecule has 0 radical (unpaired) electrons. The first-order valence-electron chi connectivity index (χ1n) is 5.98. The van der Waals surface area contributed by atoms with Crippen LogP contribution in [0.2, 0.25) is 0 Å². The molecular weight excluding hydrogens is 322 g/mol. The van der Waals surface area contributed by atoms with Crippen LogP contribution in [0.5, 0.6) is 5.75 Å². The molecule has 0 spiro atoms. The Balaban J connectivity index is 1.96. The lowest BCUT2D eigenvalue weighted by Crippen LogP contribution is -2.52. The summed E-state index contributed by atoms with van der Waals surface area (Å²) in [5.74, 6) is 0.174. The zero-order chi connectivity index (χ0) is 13.1. The third kappa shape index (κ3) is 3.37. The Hall–Kier alpha value is -0.320. The Kier molecular flexibility index (Phi) is 4.87. The van der Waals surface area contributed by atoms with Gasteiger partial charge >= 0.3 is 0 Å². The molecule has 3 unspecified atom stereocenters. The molecule has 0 N–H and O–H groups in total. The minimum Gasteiger partial charge on any atom is -0.487 e. The Morgan fingerprint density at radius 2 is 2.22 bits per heavy atom. The van der Waals surface area contributed by atoms with Gasteiger partial charge in [0.05, 0.1) is 5.38 Å². The van der Waals surface area contributed by atoms with Crippen LogP contribution in [0.1, 0.15) is 19.8 Å². The lowest BCUT2D eigenvalue weighted by Gasteiger charge is -2.40. The molecule has 3 atom stereocenters. The van der Waals surface area contributed by atoms with Crippen molar-refractivity contribution in [2.24, 2.45) is 0 Å². The molecule has 0 saturated heterocycles. The highest BCUT2D eigenvalue weighted by atomic mass is 79.9. The molecule has 0 heterocycles. The van der Waals surface area contributed by atoms with Crippen molar-refractivity contribution in [2.45, 2.75) is 37.4 Å². The van der Waals surface area contributed by atoms with Gasteiger partial charge in [0.2, 0.25) is 0 Å². The highest BCUT2D eigenvalue weighted by Gasteiger charge is 2.42. The first-order valence-corrected chi connectivity index (χ1v) is 7.21. The van der Waals surface area contributed by atoms with E-state index in [1.807, 2.05) is 6.92 Å². The van der Waals surface area contributed by atoms with Crippen molar-refractivity contribution in [3.63, 3.8) is 0 Å². The van der Waals surface area contributed by atoms with Crippen molar-refractivity contribution in [1.29, 1.82) is 0 Å². The standard InChI is InChI=1S/C13H15BrClFO2/c1-2-3-17-13-11(15)7-12(13)18-10-5-8(14)4-9(16)6-10/h4-6,11-13H,2-3,7H2,1H3. The number of hydrogen-bond acceptors (Lipinski definition) is 2. The normalized spacial score (nSPS) is 26.8. The number of alkyl halides is 1. The Labute approximate surface area is 120 Å². The van der Waals surface area contributed by atoms with Gasteiger partial charge < -0.3 is 9.47 Å². The summed E-state index contributed by atoms with van der Waals surface area (Å²) in [6.45, 7) is 2.71. The summed E-state index contributed by atoms with van der Waals surface area (Å²) >= 11 is 9.32. The molecule has 1 aliphatic rings. The van der Waals surface area contributed by atoms with Crippen LogP contribution in [0.3, 0.4) is 0 Å². The average molecular weight is 338 g/mol. The van der Waals surface area contributed by atoms with E-state index in [4.69, 9.17) is 21.1 Å². The van der Waals surface area contributed by atoms with Crippen LogP contribution in [0.4, 0.5) is 4.39 Å². The van der Waals surface area contributed by atoms with Gasteiger partial charge in [-0.3, -0.25) is 0 Å². The summed E-state index contributed by atoms with van der Waals surface area (Å²) in [4.78, 5) is 0. The van der Waals surface area contributed by atoms with Gasteiger partial charge in [0, 0.05) is 23.6 Å². The van der Waals surface area contributed by atoms with E-state index in [2.05, 4.69) is 15.9 Å². The van der Waals surface area contributed by atoms with Crippen molar-refractivity contribution in [3.8, 4) is 5.75 Å². The molecule has 0 bridgehead atoms. The van der Waals surface area contributed by atoms with Gasteiger partial charge in [-0.2, -0.15) is 0 Å². The van der Waals surface area contributed by atoms with Gasteiger partial charge in [0.15, 0.2) is 0 Å². The van der Waals surface area contributed by atoms with Crippen LogP contribution in [0, 0.1) is 5.82 Å². The highest BCUT2D eigenvalue weighted by Crippen LogP contribution is 2.34. The van der Waals surface area contributed by atoms with Gasteiger partial charge in [0.25, 0.3) is 0 Å². The molecule has 1 fully saturated rings. The van der Waals surface area contributed by atoms with E-state index in [-0.39, 0.29) is 23.4 Å². The molecule has 100 valence electrons. The van der Waals surface area contributed by atoms with Crippen molar-refractivity contribution in [1.82, 2.24) is 0 Å². The van der Waals surface area contributed by atoms with Crippen molar-refractivity contribution >= 4 is 27.5 Å². The van der Waals surface area contributed by atoms with Crippen molar-refractivity contribution in [2.75, 3.05) is 6.61 Å². The van der Waals surface area contributed by atoms with Gasteiger partial charge in [-0.15, -0.1) is 11.6 Å². The molecule has 0 aromatic heterocycles. The topological polar surface area (TPSA) is 18.5 Å². The van der Waals surface area contributed by atoms with Crippen LogP contribution in [0.15, 0.2) is 22.7 Å². The van der Waals surface area contributed by atoms with Crippen LogP contribution in [-0.4, -0.2) is 24.2 Å². The number of halogens is 3. The van der Waals surface area contributed by atoms with Gasteiger partial charge in [0.1, 0.15) is 23.8 Å². The van der Waals surface area contributed by atoms with Crippen molar-refractivity contribution < 1.29 is 13.9 Å². The van der Waals surface area contributed by atoms with E-state index in [1.165, 1.54) is 12.1 Å². The van der Waals surface area contributed by atoms with Crippen LogP contribution in [0.25, 0.3) is 0 Å². The third-order valence-electron chi connectivity index (χ3n) is 2.82. The fourth-order valence-electron chi connectivity index (χ4n) is 1.88. The molecule has 2 rings (SSSR count). The van der Waals surface area contributed by atoms with Crippen molar-refractivity contribution in [3.05, 3.63) is 28.5 Å². The second-order valence-electron chi connectivity index (χ2n) is 4.35. The average Bonchev–Trinajstić information content (AvgIpc) is 2.27. The summed E-state index contributed by atoms with van der Waals surface area (Å²) in [5, 5.41) is -0.0152. The van der Waals surface area contributed by atoms with E-state index >= 15 is 0 Å². The summed E-state index contributed by atoms with van der Waals surface area (Å²) in [5.41, 5.74) is 0. The highest BCUT2D eigenvalue weighted by molar-refractivity contribution is 9.10. The predicted octanol–water partition coefficient (Wildman–Crippen LogP) is 4.14. The summed E-state index contributed by atoms with van der Waals surface area (Å²) in [6.07, 6.45) is 1.48. The Bertz CT molecular complexity index is 396. The largest absolute Gasteiger partial charge is 0.487 e.